The molecule has 0 saturated heterocycles. The van der Waals surface area contributed by atoms with E-state index >= 15 is 0 Å². The first-order chi connectivity index (χ1) is 10.5. The summed E-state index contributed by atoms with van der Waals surface area (Å²) >= 11 is 0. The zero-order chi connectivity index (χ0) is 16.5. The first kappa shape index (κ1) is 18.2. The van der Waals surface area contributed by atoms with Crippen LogP contribution in [0.3, 0.4) is 0 Å². The molecule has 0 spiro atoms. The second-order valence-electron chi connectivity index (χ2n) is 5.18. The molecule has 0 aliphatic carbocycles. The summed E-state index contributed by atoms with van der Waals surface area (Å²) < 4.78 is 11.6. The van der Waals surface area contributed by atoms with Gasteiger partial charge in [-0.25, -0.2) is 4.79 Å². The SMILES string of the molecule is CCOC(=O)c1cc(NC(=O)CCCN(C)C)cn1COC. The highest BCUT2D eigenvalue weighted by atomic mass is 16.5. The molecule has 0 unspecified atom stereocenters. The maximum absolute atomic E-state index is 11.9. The lowest BCUT2D eigenvalue weighted by molar-refractivity contribution is -0.116. The van der Waals surface area contributed by atoms with E-state index in [4.69, 9.17) is 9.47 Å². The molecule has 7 heteroatoms. The van der Waals surface area contributed by atoms with E-state index in [9.17, 15) is 9.59 Å². The second kappa shape index (κ2) is 9.22. The third-order valence-electron chi connectivity index (χ3n) is 2.94. The van der Waals surface area contributed by atoms with Gasteiger partial charge < -0.3 is 24.3 Å². The van der Waals surface area contributed by atoms with Crippen LogP contribution in [-0.4, -0.2) is 55.7 Å². The van der Waals surface area contributed by atoms with Crippen LogP contribution < -0.4 is 5.32 Å². The van der Waals surface area contributed by atoms with Crippen LogP contribution in [0.4, 0.5) is 5.69 Å². The van der Waals surface area contributed by atoms with Gasteiger partial charge in [-0.15, -0.1) is 0 Å². The van der Waals surface area contributed by atoms with Crippen molar-refractivity contribution >= 4 is 17.6 Å². The van der Waals surface area contributed by atoms with Crippen molar-refractivity contribution in [2.45, 2.75) is 26.5 Å². The number of hydrogen-bond acceptors (Lipinski definition) is 5. The van der Waals surface area contributed by atoms with Gasteiger partial charge in [0.1, 0.15) is 12.4 Å². The van der Waals surface area contributed by atoms with Crippen LogP contribution in [0, 0.1) is 0 Å². The highest BCUT2D eigenvalue weighted by Gasteiger charge is 2.15. The standard InChI is InChI=1S/C15H25N3O4/c1-5-22-15(20)13-9-12(10-18(13)11-21-4)16-14(19)7-6-8-17(2)3/h9-10H,5-8,11H2,1-4H3,(H,16,19). The Balaban J connectivity index is 2.68. The molecular weight excluding hydrogens is 286 g/mol. The molecule has 22 heavy (non-hydrogen) atoms. The summed E-state index contributed by atoms with van der Waals surface area (Å²) in [6, 6.07) is 1.60. The lowest BCUT2D eigenvalue weighted by Crippen LogP contribution is -2.17. The van der Waals surface area contributed by atoms with Gasteiger partial charge in [0.25, 0.3) is 0 Å². The van der Waals surface area contributed by atoms with Crippen molar-refractivity contribution in [3.8, 4) is 0 Å². The number of nitrogens with zero attached hydrogens (tertiary/aromatic N) is 2. The Labute approximate surface area is 131 Å². The summed E-state index contributed by atoms with van der Waals surface area (Å²) in [5.74, 6) is -0.514. The topological polar surface area (TPSA) is 72.8 Å². The minimum atomic E-state index is -0.437. The van der Waals surface area contributed by atoms with E-state index < -0.39 is 5.97 Å². The van der Waals surface area contributed by atoms with Crippen LogP contribution in [0.1, 0.15) is 30.3 Å². The van der Waals surface area contributed by atoms with Crippen LogP contribution in [0.25, 0.3) is 0 Å². The predicted octanol–water partition coefficient (Wildman–Crippen LogP) is 1.55. The molecule has 0 radical (unpaired) electrons. The number of esters is 1. The number of rotatable bonds is 9. The summed E-state index contributed by atoms with van der Waals surface area (Å²) in [6.45, 7) is 3.11. The van der Waals surface area contributed by atoms with E-state index in [0.717, 1.165) is 13.0 Å². The van der Waals surface area contributed by atoms with Crippen molar-refractivity contribution in [1.82, 2.24) is 9.47 Å². The van der Waals surface area contributed by atoms with E-state index in [1.807, 2.05) is 19.0 Å². The van der Waals surface area contributed by atoms with Gasteiger partial charge in [0.2, 0.25) is 5.91 Å². The van der Waals surface area contributed by atoms with Crippen LogP contribution >= 0.6 is 0 Å². The maximum atomic E-state index is 11.9. The van der Waals surface area contributed by atoms with Gasteiger partial charge in [0, 0.05) is 19.7 Å². The van der Waals surface area contributed by atoms with E-state index in [-0.39, 0.29) is 12.6 Å². The molecule has 1 rings (SSSR count). The Morgan fingerprint density at radius 1 is 1.36 bits per heavy atom. The third kappa shape index (κ3) is 5.87. The second-order valence-corrected chi connectivity index (χ2v) is 5.18. The highest BCUT2D eigenvalue weighted by Crippen LogP contribution is 2.16. The average Bonchev–Trinajstić information content (AvgIpc) is 2.81. The fourth-order valence-electron chi connectivity index (χ4n) is 1.98. The molecule has 0 bridgehead atoms. The highest BCUT2D eigenvalue weighted by molar-refractivity contribution is 5.94. The Kier molecular flexibility index (Phi) is 7.62. The normalized spacial score (nSPS) is 10.8. The number of carbonyl (C=O) groups excluding carboxylic acids is 2. The minimum Gasteiger partial charge on any atom is -0.461 e. The number of carbonyl (C=O) groups is 2. The van der Waals surface area contributed by atoms with Gasteiger partial charge in [-0.3, -0.25) is 4.79 Å². The zero-order valence-corrected chi connectivity index (χ0v) is 13.7. The Morgan fingerprint density at radius 3 is 2.68 bits per heavy atom. The molecule has 124 valence electrons. The van der Waals surface area contributed by atoms with Gasteiger partial charge in [0.15, 0.2) is 0 Å². The van der Waals surface area contributed by atoms with E-state index in [0.29, 0.717) is 24.4 Å². The summed E-state index contributed by atoms with van der Waals surface area (Å²) in [5, 5.41) is 2.79. The lowest BCUT2D eigenvalue weighted by atomic mass is 10.3. The molecule has 1 N–H and O–H groups in total. The van der Waals surface area contributed by atoms with Crippen molar-refractivity contribution in [2.24, 2.45) is 0 Å². The van der Waals surface area contributed by atoms with Crippen molar-refractivity contribution in [3.63, 3.8) is 0 Å². The van der Waals surface area contributed by atoms with Crippen LogP contribution in [0.5, 0.6) is 0 Å². The molecule has 1 heterocycles. The molecule has 0 atom stereocenters. The Hall–Kier alpha value is -1.86. The quantitative estimate of drug-likeness (QED) is 0.701. The first-order valence-corrected chi connectivity index (χ1v) is 7.28. The molecule has 1 aromatic heterocycles. The van der Waals surface area contributed by atoms with Gasteiger partial charge in [-0.2, -0.15) is 0 Å². The monoisotopic (exact) mass is 311 g/mol. The molecule has 1 aromatic rings. The van der Waals surface area contributed by atoms with Crippen molar-refractivity contribution < 1.29 is 19.1 Å². The smallest absolute Gasteiger partial charge is 0.355 e. The molecular formula is C15H25N3O4. The molecule has 0 aliphatic rings. The van der Waals surface area contributed by atoms with E-state index in [2.05, 4.69) is 5.32 Å². The van der Waals surface area contributed by atoms with Crippen molar-refractivity contribution in [1.29, 1.82) is 0 Å². The number of ether oxygens (including phenoxy) is 2. The largest absolute Gasteiger partial charge is 0.461 e. The van der Waals surface area contributed by atoms with Crippen LogP contribution in [0.15, 0.2) is 12.3 Å². The summed E-state index contributed by atoms with van der Waals surface area (Å²) in [5.41, 5.74) is 0.919. The number of anilines is 1. The van der Waals surface area contributed by atoms with Crippen LogP contribution in [0.2, 0.25) is 0 Å². The van der Waals surface area contributed by atoms with E-state index in [1.54, 1.807) is 23.8 Å². The average molecular weight is 311 g/mol. The maximum Gasteiger partial charge on any atom is 0.355 e. The van der Waals surface area contributed by atoms with Crippen LogP contribution in [-0.2, 0) is 21.0 Å². The molecule has 0 aliphatic heterocycles. The van der Waals surface area contributed by atoms with E-state index in [1.165, 1.54) is 7.11 Å². The molecule has 1 amide bonds. The third-order valence-corrected chi connectivity index (χ3v) is 2.94. The van der Waals surface area contributed by atoms with Gasteiger partial charge in [0.05, 0.1) is 12.3 Å². The van der Waals surface area contributed by atoms with Crippen molar-refractivity contribution in [3.05, 3.63) is 18.0 Å². The summed E-state index contributed by atoms with van der Waals surface area (Å²) in [4.78, 5) is 25.8. The van der Waals surface area contributed by atoms with Gasteiger partial charge >= 0.3 is 5.97 Å². The molecule has 0 saturated carbocycles. The summed E-state index contributed by atoms with van der Waals surface area (Å²) in [6.07, 6.45) is 2.88. The molecule has 0 fully saturated rings. The first-order valence-electron chi connectivity index (χ1n) is 7.28. The zero-order valence-electron chi connectivity index (χ0n) is 13.7. The fourth-order valence-corrected chi connectivity index (χ4v) is 1.98. The molecule has 7 nitrogen and oxygen atoms in total. The predicted molar refractivity (Wildman–Crippen MR) is 83.8 cm³/mol. The number of aromatic nitrogens is 1. The van der Waals surface area contributed by atoms with Crippen molar-refractivity contribution in [2.75, 3.05) is 39.7 Å². The number of amides is 1. The fraction of sp³-hybridized carbons (Fsp3) is 0.600. The number of methoxy groups -OCH3 is 1. The molecule has 0 aromatic carbocycles. The lowest BCUT2D eigenvalue weighted by Gasteiger charge is -2.08. The van der Waals surface area contributed by atoms with Gasteiger partial charge in [-0.05, 0) is 40.1 Å². The minimum absolute atomic E-state index is 0.0770. The number of hydrogen-bond donors (Lipinski definition) is 1. The Morgan fingerprint density at radius 2 is 2.09 bits per heavy atom. The summed E-state index contributed by atoms with van der Waals surface area (Å²) in [7, 11) is 5.47. The Bertz CT molecular complexity index is 497. The van der Waals surface area contributed by atoms with Gasteiger partial charge in [-0.1, -0.05) is 0 Å². The number of nitrogens with one attached hydrogen (secondary N) is 1.